The quantitative estimate of drug-likeness (QED) is 0.862. The summed E-state index contributed by atoms with van der Waals surface area (Å²) in [6.45, 7) is 4.90. The lowest BCUT2D eigenvalue weighted by molar-refractivity contribution is -0.115. The van der Waals surface area contributed by atoms with Gasteiger partial charge in [-0.1, -0.05) is 25.1 Å². The minimum atomic E-state index is -0.367. The minimum Gasteiger partial charge on any atom is -0.309 e. The lowest BCUT2D eigenvalue weighted by atomic mass is 10.1. The van der Waals surface area contributed by atoms with Gasteiger partial charge in [-0.05, 0) is 25.1 Å². The Labute approximate surface area is 127 Å². The number of amides is 1. The molecule has 0 fully saturated rings. The third-order valence-corrected chi connectivity index (χ3v) is 3.81. The number of carbonyl (C=O) groups excluding carboxylic acids is 1. The molecule has 0 aliphatic carbocycles. The highest BCUT2D eigenvalue weighted by molar-refractivity contribution is 7.13. The van der Waals surface area contributed by atoms with Gasteiger partial charge in [0.1, 0.15) is 5.82 Å². The molecule has 1 aromatic heterocycles. The summed E-state index contributed by atoms with van der Waals surface area (Å²) in [5, 5.41) is 8.41. The molecule has 0 aliphatic rings. The van der Waals surface area contributed by atoms with Crippen molar-refractivity contribution in [3.8, 4) is 0 Å². The molecule has 1 unspecified atom stereocenters. The Morgan fingerprint density at radius 1 is 1.43 bits per heavy atom. The predicted molar refractivity (Wildman–Crippen MR) is 82.9 cm³/mol. The average Bonchev–Trinajstić information content (AvgIpc) is 2.90. The van der Waals surface area contributed by atoms with E-state index in [1.54, 1.807) is 18.2 Å². The van der Waals surface area contributed by atoms with Crippen LogP contribution < -0.4 is 10.6 Å². The lowest BCUT2D eigenvalue weighted by Crippen LogP contribution is -2.18. The second-order valence-electron chi connectivity index (χ2n) is 4.67. The van der Waals surface area contributed by atoms with Crippen molar-refractivity contribution < 1.29 is 9.18 Å². The highest BCUT2D eigenvalue weighted by Gasteiger charge is 2.12. The van der Waals surface area contributed by atoms with Crippen molar-refractivity contribution in [2.45, 2.75) is 26.3 Å². The van der Waals surface area contributed by atoms with Crippen molar-refractivity contribution in [2.24, 2.45) is 0 Å². The Morgan fingerprint density at radius 2 is 2.19 bits per heavy atom. The molecule has 112 valence electrons. The van der Waals surface area contributed by atoms with Crippen LogP contribution in [0.15, 0.2) is 29.6 Å². The van der Waals surface area contributed by atoms with Crippen LogP contribution in [0, 0.1) is 5.82 Å². The van der Waals surface area contributed by atoms with Crippen molar-refractivity contribution in [1.29, 1.82) is 0 Å². The highest BCUT2D eigenvalue weighted by atomic mass is 32.1. The van der Waals surface area contributed by atoms with E-state index in [1.165, 1.54) is 17.4 Å². The van der Waals surface area contributed by atoms with Crippen molar-refractivity contribution in [3.63, 3.8) is 0 Å². The van der Waals surface area contributed by atoms with E-state index >= 15 is 0 Å². The fourth-order valence-electron chi connectivity index (χ4n) is 1.93. The van der Waals surface area contributed by atoms with Crippen molar-refractivity contribution in [2.75, 3.05) is 11.9 Å². The molecule has 0 saturated carbocycles. The molecule has 1 amide bonds. The molecule has 0 spiro atoms. The van der Waals surface area contributed by atoms with E-state index in [1.807, 2.05) is 19.2 Å². The molecule has 6 heteroatoms. The van der Waals surface area contributed by atoms with E-state index in [-0.39, 0.29) is 24.2 Å². The number of benzene rings is 1. The summed E-state index contributed by atoms with van der Waals surface area (Å²) >= 11 is 1.37. The molecule has 2 N–H and O–H groups in total. The number of nitrogens with one attached hydrogen (secondary N) is 2. The number of nitrogens with zero attached hydrogens (tertiary/aromatic N) is 1. The number of thiazole rings is 1. The molecule has 2 rings (SSSR count). The summed E-state index contributed by atoms with van der Waals surface area (Å²) in [4.78, 5) is 16.3. The van der Waals surface area contributed by atoms with Gasteiger partial charge in [-0.25, -0.2) is 9.37 Å². The van der Waals surface area contributed by atoms with E-state index in [0.29, 0.717) is 10.7 Å². The standard InChI is InChI=1S/C15H18FN3OS/c1-3-17-10(2)13-9-21-15(18-13)19-14(20)8-11-6-4-5-7-12(11)16/h4-7,9-10,17H,3,8H2,1-2H3,(H,18,19,20). The Morgan fingerprint density at radius 3 is 2.90 bits per heavy atom. The van der Waals surface area contributed by atoms with Crippen LogP contribution in [-0.2, 0) is 11.2 Å². The summed E-state index contributed by atoms with van der Waals surface area (Å²) in [5.74, 6) is -0.634. The third kappa shape index (κ3) is 4.34. The molecule has 0 aliphatic heterocycles. The van der Waals surface area contributed by atoms with Crippen LogP contribution in [0.4, 0.5) is 9.52 Å². The smallest absolute Gasteiger partial charge is 0.230 e. The van der Waals surface area contributed by atoms with E-state index in [2.05, 4.69) is 15.6 Å². The summed E-state index contributed by atoms with van der Waals surface area (Å²) in [5.41, 5.74) is 1.27. The number of halogens is 1. The maximum absolute atomic E-state index is 13.5. The van der Waals surface area contributed by atoms with Crippen LogP contribution in [0.2, 0.25) is 0 Å². The van der Waals surface area contributed by atoms with Gasteiger partial charge in [0.25, 0.3) is 0 Å². The Balaban J connectivity index is 1.96. The topological polar surface area (TPSA) is 54.0 Å². The van der Waals surface area contributed by atoms with Crippen LogP contribution >= 0.6 is 11.3 Å². The number of aromatic nitrogens is 1. The van der Waals surface area contributed by atoms with Crippen LogP contribution in [-0.4, -0.2) is 17.4 Å². The monoisotopic (exact) mass is 307 g/mol. The van der Waals surface area contributed by atoms with Crippen molar-refractivity contribution >= 4 is 22.4 Å². The van der Waals surface area contributed by atoms with E-state index < -0.39 is 0 Å². The average molecular weight is 307 g/mol. The fraction of sp³-hybridized carbons (Fsp3) is 0.333. The first-order valence-corrected chi connectivity index (χ1v) is 7.70. The van der Waals surface area contributed by atoms with Crippen LogP contribution in [0.3, 0.4) is 0 Å². The zero-order chi connectivity index (χ0) is 15.2. The number of hydrogen-bond donors (Lipinski definition) is 2. The van der Waals surface area contributed by atoms with E-state index in [4.69, 9.17) is 0 Å². The van der Waals surface area contributed by atoms with Gasteiger partial charge in [0.05, 0.1) is 12.1 Å². The number of anilines is 1. The molecule has 21 heavy (non-hydrogen) atoms. The van der Waals surface area contributed by atoms with Gasteiger partial charge in [-0.3, -0.25) is 4.79 Å². The Kier molecular flexibility index (Phi) is 5.41. The molecule has 1 aromatic carbocycles. The minimum absolute atomic E-state index is 0.00432. The molecular weight excluding hydrogens is 289 g/mol. The SMILES string of the molecule is CCNC(C)c1csc(NC(=O)Cc2ccccc2F)n1. The molecule has 0 saturated heterocycles. The van der Waals surface area contributed by atoms with E-state index in [9.17, 15) is 9.18 Å². The van der Waals surface area contributed by atoms with E-state index in [0.717, 1.165) is 12.2 Å². The maximum Gasteiger partial charge on any atom is 0.230 e. The largest absolute Gasteiger partial charge is 0.309 e. The molecule has 0 bridgehead atoms. The summed E-state index contributed by atoms with van der Waals surface area (Å²) in [6, 6.07) is 6.41. The highest BCUT2D eigenvalue weighted by Crippen LogP contribution is 2.20. The van der Waals surface area contributed by atoms with Gasteiger partial charge in [0.2, 0.25) is 5.91 Å². The van der Waals surface area contributed by atoms with Gasteiger partial charge in [-0.15, -0.1) is 11.3 Å². The zero-order valence-corrected chi connectivity index (χ0v) is 12.8. The molecule has 2 aromatic rings. The fourth-order valence-corrected chi connectivity index (χ4v) is 2.75. The van der Waals surface area contributed by atoms with Gasteiger partial charge in [-0.2, -0.15) is 0 Å². The molecule has 1 heterocycles. The Hall–Kier alpha value is -1.79. The van der Waals surface area contributed by atoms with Gasteiger partial charge in [0.15, 0.2) is 5.13 Å². The normalized spacial score (nSPS) is 12.1. The van der Waals surface area contributed by atoms with Crippen LogP contribution in [0.1, 0.15) is 31.1 Å². The van der Waals surface area contributed by atoms with Gasteiger partial charge < -0.3 is 10.6 Å². The van der Waals surface area contributed by atoms with Gasteiger partial charge in [0, 0.05) is 11.4 Å². The van der Waals surface area contributed by atoms with Crippen LogP contribution in [0.25, 0.3) is 0 Å². The van der Waals surface area contributed by atoms with Gasteiger partial charge >= 0.3 is 0 Å². The lowest BCUT2D eigenvalue weighted by Gasteiger charge is -2.08. The van der Waals surface area contributed by atoms with Crippen molar-refractivity contribution in [3.05, 3.63) is 46.7 Å². The first-order valence-electron chi connectivity index (χ1n) is 6.82. The Bertz CT molecular complexity index is 614. The summed E-state index contributed by atoms with van der Waals surface area (Å²) in [6.07, 6.45) is 0.00432. The predicted octanol–water partition coefficient (Wildman–Crippen LogP) is 3.13. The third-order valence-electron chi connectivity index (χ3n) is 3.03. The number of rotatable bonds is 6. The molecule has 4 nitrogen and oxygen atoms in total. The van der Waals surface area contributed by atoms with Crippen LogP contribution in [0.5, 0.6) is 0 Å². The molecular formula is C15H18FN3OS. The molecule has 0 radical (unpaired) electrons. The second kappa shape index (κ2) is 7.28. The second-order valence-corrected chi connectivity index (χ2v) is 5.53. The summed E-state index contributed by atoms with van der Waals surface area (Å²) in [7, 11) is 0. The molecule has 1 atom stereocenters. The summed E-state index contributed by atoms with van der Waals surface area (Å²) < 4.78 is 13.5. The number of carbonyl (C=O) groups is 1. The maximum atomic E-state index is 13.5. The first-order chi connectivity index (χ1) is 10.1. The number of hydrogen-bond acceptors (Lipinski definition) is 4. The zero-order valence-electron chi connectivity index (χ0n) is 12.0. The first kappa shape index (κ1) is 15.6. The van der Waals surface area contributed by atoms with Crippen molar-refractivity contribution in [1.82, 2.24) is 10.3 Å².